The van der Waals surface area contributed by atoms with Gasteiger partial charge in [-0.2, -0.15) is 0 Å². The Morgan fingerprint density at radius 3 is 2.33 bits per heavy atom. The SMILES string of the molecule is C=C(C[C@@H](C)NC(=O)OC(C)(C)C)ON1C(=O)CCC1=O. The lowest BCUT2D eigenvalue weighted by molar-refractivity contribution is -0.177. The normalized spacial score (nSPS) is 16.7. The molecule has 3 amide bonds. The molecule has 1 saturated heterocycles. The second-order valence-electron chi connectivity index (χ2n) is 5.96. The van der Waals surface area contributed by atoms with E-state index in [4.69, 9.17) is 9.57 Å². The van der Waals surface area contributed by atoms with E-state index < -0.39 is 11.7 Å². The summed E-state index contributed by atoms with van der Waals surface area (Å²) < 4.78 is 5.12. The Bertz CT molecular complexity index is 437. The first-order valence-electron chi connectivity index (χ1n) is 6.79. The van der Waals surface area contributed by atoms with Crippen LogP contribution in [-0.4, -0.2) is 34.6 Å². The van der Waals surface area contributed by atoms with Crippen LogP contribution in [0.4, 0.5) is 4.79 Å². The Kier molecular flexibility index (Phi) is 5.34. The number of amides is 3. The highest BCUT2D eigenvalue weighted by Gasteiger charge is 2.31. The molecule has 0 unspecified atom stereocenters. The van der Waals surface area contributed by atoms with Gasteiger partial charge in [0.05, 0.1) is 0 Å². The summed E-state index contributed by atoms with van der Waals surface area (Å²) in [6.45, 7) is 10.7. The molecule has 7 heteroatoms. The smallest absolute Gasteiger partial charge is 0.407 e. The summed E-state index contributed by atoms with van der Waals surface area (Å²) in [7, 11) is 0. The van der Waals surface area contributed by atoms with Crippen LogP contribution in [0.3, 0.4) is 0 Å². The van der Waals surface area contributed by atoms with Crippen molar-refractivity contribution in [2.24, 2.45) is 0 Å². The van der Waals surface area contributed by atoms with E-state index in [0.29, 0.717) is 0 Å². The number of rotatable bonds is 5. The van der Waals surface area contributed by atoms with Crippen LogP contribution in [0.25, 0.3) is 0 Å². The fourth-order valence-corrected chi connectivity index (χ4v) is 1.73. The van der Waals surface area contributed by atoms with Crippen molar-refractivity contribution in [1.82, 2.24) is 10.4 Å². The number of nitrogens with one attached hydrogen (secondary N) is 1. The summed E-state index contributed by atoms with van der Waals surface area (Å²) in [6.07, 6.45) is 0.0162. The molecule has 1 N–H and O–H groups in total. The molecule has 0 aromatic heterocycles. The monoisotopic (exact) mass is 298 g/mol. The molecule has 1 heterocycles. The maximum absolute atomic E-state index is 11.6. The largest absolute Gasteiger partial charge is 0.444 e. The molecule has 0 aromatic carbocycles. The van der Waals surface area contributed by atoms with Gasteiger partial charge in [-0.25, -0.2) is 4.79 Å². The quantitative estimate of drug-likeness (QED) is 0.619. The van der Waals surface area contributed by atoms with E-state index in [1.807, 2.05) is 0 Å². The standard InChI is InChI=1S/C14H22N2O5/c1-9(15-13(19)20-14(3,4)5)8-10(2)21-16-11(17)6-7-12(16)18/h9H,2,6-8H2,1,3-5H3,(H,15,19)/t9-/m1/s1. The molecule has 7 nitrogen and oxygen atoms in total. The predicted octanol–water partition coefficient (Wildman–Crippen LogP) is 1.88. The van der Waals surface area contributed by atoms with Crippen LogP contribution in [0.15, 0.2) is 12.3 Å². The molecule has 0 aliphatic carbocycles. The van der Waals surface area contributed by atoms with Crippen LogP contribution in [0.1, 0.15) is 47.0 Å². The van der Waals surface area contributed by atoms with Gasteiger partial charge in [-0.15, -0.1) is 5.06 Å². The van der Waals surface area contributed by atoms with E-state index in [9.17, 15) is 14.4 Å². The molecule has 1 atom stereocenters. The maximum atomic E-state index is 11.6. The Labute approximate surface area is 124 Å². The van der Waals surface area contributed by atoms with Crippen LogP contribution >= 0.6 is 0 Å². The third-order valence-corrected chi connectivity index (χ3v) is 2.52. The van der Waals surface area contributed by atoms with Gasteiger partial charge in [-0.05, 0) is 27.7 Å². The summed E-state index contributed by atoms with van der Waals surface area (Å²) in [6, 6.07) is -0.305. The minimum Gasteiger partial charge on any atom is -0.444 e. The molecule has 0 aromatic rings. The van der Waals surface area contributed by atoms with Crippen LogP contribution in [0.5, 0.6) is 0 Å². The molecular formula is C14H22N2O5. The third kappa shape index (κ3) is 5.85. The van der Waals surface area contributed by atoms with E-state index in [0.717, 1.165) is 5.06 Å². The molecule has 0 saturated carbocycles. The van der Waals surface area contributed by atoms with Crippen molar-refractivity contribution in [3.63, 3.8) is 0 Å². The van der Waals surface area contributed by atoms with Crippen molar-refractivity contribution in [2.75, 3.05) is 0 Å². The van der Waals surface area contributed by atoms with E-state index in [1.165, 1.54) is 0 Å². The van der Waals surface area contributed by atoms with Gasteiger partial charge in [0.25, 0.3) is 11.8 Å². The van der Waals surface area contributed by atoms with Crippen molar-refractivity contribution >= 4 is 17.9 Å². The Morgan fingerprint density at radius 2 is 1.86 bits per heavy atom. The lowest BCUT2D eigenvalue weighted by Gasteiger charge is -2.23. The average Bonchev–Trinajstić information content (AvgIpc) is 2.57. The van der Waals surface area contributed by atoms with Gasteiger partial charge in [-0.3, -0.25) is 9.59 Å². The Morgan fingerprint density at radius 1 is 1.33 bits per heavy atom. The molecule has 1 fully saturated rings. The number of hydrogen-bond donors (Lipinski definition) is 1. The van der Waals surface area contributed by atoms with Gasteiger partial charge in [-0.1, -0.05) is 6.58 Å². The zero-order valence-electron chi connectivity index (χ0n) is 12.9. The number of hydrogen-bond acceptors (Lipinski definition) is 5. The number of ether oxygens (including phenoxy) is 1. The zero-order chi connectivity index (χ0) is 16.2. The number of alkyl carbamates (subject to hydrolysis) is 1. The van der Waals surface area contributed by atoms with Gasteiger partial charge >= 0.3 is 6.09 Å². The Balaban J connectivity index is 2.39. The number of carbonyl (C=O) groups excluding carboxylic acids is 3. The molecule has 0 bridgehead atoms. The van der Waals surface area contributed by atoms with Gasteiger partial charge in [0.2, 0.25) is 0 Å². The average molecular weight is 298 g/mol. The first-order chi connectivity index (χ1) is 9.58. The van der Waals surface area contributed by atoms with Crippen molar-refractivity contribution in [3.8, 4) is 0 Å². The van der Waals surface area contributed by atoms with Crippen LogP contribution in [0.2, 0.25) is 0 Å². The van der Waals surface area contributed by atoms with E-state index >= 15 is 0 Å². The van der Waals surface area contributed by atoms with Crippen molar-refractivity contribution in [3.05, 3.63) is 12.3 Å². The highest BCUT2D eigenvalue weighted by molar-refractivity contribution is 6.00. The summed E-state index contributed by atoms with van der Waals surface area (Å²) in [5.41, 5.74) is -0.578. The van der Waals surface area contributed by atoms with Crippen molar-refractivity contribution in [2.45, 2.75) is 58.6 Å². The summed E-state index contributed by atoms with van der Waals surface area (Å²) in [4.78, 5) is 39.5. The summed E-state index contributed by atoms with van der Waals surface area (Å²) >= 11 is 0. The van der Waals surface area contributed by atoms with Gasteiger partial charge in [0, 0.05) is 25.3 Å². The fraction of sp³-hybridized carbons (Fsp3) is 0.643. The van der Waals surface area contributed by atoms with Gasteiger partial charge in [0.15, 0.2) is 0 Å². The summed E-state index contributed by atoms with van der Waals surface area (Å²) in [5.74, 6) is -0.537. The molecular weight excluding hydrogens is 276 g/mol. The lowest BCUT2D eigenvalue weighted by Crippen LogP contribution is -2.38. The highest BCUT2D eigenvalue weighted by Crippen LogP contribution is 2.17. The van der Waals surface area contributed by atoms with Crippen LogP contribution < -0.4 is 5.32 Å². The fourth-order valence-electron chi connectivity index (χ4n) is 1.73. The van der Waals surface area contributed by atoms with Crippen LogP contribution in [-0.2, 0) is 19.2 Å². The third-order valence-electron chi connectivity index (χ3n) is 2.52. The molecule has 1 aliphatic heterocycles. The number of nitrogens with zero attached hydrogens (tertiary/aromatic N) is 1. The topological polar surface area (TPSA) is 84.9 Å². The first kappa shape index (κ1) is 17.0. The van der Waals surface area contributed by atoms with Crippen molar-refractivity contribution in [1.29, 1.82) is 0 Å². The Hall–Kier alpha value is -2.05. The van der Waals surface area contributed by atoms with E-state index in [-0.39, 0.29) is 42.9 Å². The zero-order valence-corrected chi connectivity index (χ0v) is 12.9. The lowest BCUT2D eigenvalue weighted by atomic mass is 10.2. The minimum absolute atomic E-state index is 0.151. The number of carbonyl (C=O) groups is 3. The van der Waals surface area contributed by atoms with E-state index in [1.54, 1.807) is 27.7 Å². The van der Waals surface area contributed by atoms with E-state index in [2.05, 4.69) is 11.9 Å². The number of imide groups is 1. The second-order valence-corrected chi connectivity index (χ2v) is 5.96. The number of hydroxylamine groups is 2. The van der Waals surface area contributed by atoms with Gasteiger partial charge in [0.1, 0.15) is 11.4 Å². The maximum Gasteiger partial charge on any atom is 0.407 e. The molecule has 0 spiro atoms. The molecule has 1 rings (SSSR count). The molecule has 118 valence electrons. The predicted molar refractivity (Wildman–Crippen MR) is 74.8 cm³/mol. The van der Waals surface area contributed by atoms with Gasteiger partial charge < -0.3 is 14.9 Å². The first-order valence-corrected chi connectivity index (χ1v) is 6.79. The van der Waals surface area contributed by atoms with Crippen molar-refractivity contribution < 1.29 is 24.0 Å². The molecule has 1 aliphatic rings. The minimum atomic E-state index is -0.578. The second kappa shape index (κ2) is 6.60. The molecule has 21 heavy (non-hydrogen) atoms. The molecule has 0 radical (unpaired) electrons. The van der Waals surface area contributed by atoms with Crippen LogP contribution in [0, 0.1) is 0 Å². The summed E-state index contributed by atoms with van der Waals surface area (Å²) in [5, 5.41) is 3.35. The highest BCUT2D eigenvalue weighted by atomic mass is 16.7.